The maximum Gasteiger partial charge on any atom is 0.274 e. The molecule has 1 atom stereocenters. The first-order chi connectivity index (χ1) is 12.0. The number of rotatable bonds is 3. The number of hydrogen-bond donors (Lipinski definition) is 0. The smallest absolute Gasteiger partial charge is 0.274 e. The van der Waals surface area contributed by atoms with Crippen LogP contribution in [0.1, 0.15) is 23.2 Å². The molecular formula is C18H21ClN4O2. The van der Waals surface area contributed by atoms with Crippen LogP contribution < -0.4 is 9.64 Å². The molecule has 0 saturated carbocycles. The minimum Gasteiger partial charge on any atom is -0.495 e. The fourth-order valence-corrected chi connectivity index (χ4v) is 3.28. The Kier molecular flexibility index (Phi) is 5.08. The Morgan fingerprint density at radius 1 is 1.32 bits per heavy atom. The summed E-state index contributed by atoms with van der Waals surface area (Å²) in [5.41, 5.74) is 1.31. The van der Waals surface area contributed by atoms with E-state index in [1.165, 1.54) is 6.20 Å². The van der Waals surface area contributed by atoms with Crippen molar-refractivity contribution in [3.05, 3.63) is 47.0 Å². The van der Waals surface area contributed by atoms with Crippen molar-refractivity contribution in [2.75, 3.05) is 31.6 Å². The summed E-state index contributed by atoms with van der Waals surface area (Å²) in [6, 6.07) is 7.95. The number of carbonyl (C=O) groups excluding carboxylic acids is 1. The van der Waals surface area contributed by atoms with Gasteiger partial charge in [0.05, 0.1) is 24.0 Å². The fourth-order valence-electron chi connectivity index (χ4n) is 3.11. The Balaban J connectivity index is 1.78. The number of carbonyl (C=O) groups is 1. The second-order valence-electron chi connectivity index (χ2n) is 6.08. The van der Waals surface area contributed by atoms with Crippen LogP contribution in [0.2, 0.25) is 5.02 Å². The molecule has 1 aromatic carbocycles. The van der Waals surface area contributed by atoms with Gasteiger partial charge in [-0.05, 0) is 26.0 Å². The van der Waals surface area contributed by atoms with Crippen LogP contribution in [-0.2, 0) is 0 Å². The van der Waals surface area contributed by atoms with Crippen LogP contribution in [0.25, 0.3) is 0 Å². The molecule has 6 nitrogen and oxygen atoms in total. The molecule has 1 aromatic heterocycles. The van der Waals surface area contributed by atoms with Gasteiger partial charge in [-0.15, -0.1) is 0 Å². The van der Waals surface area contributed by atoms with E-state index >= 15 is 0 Å². The monoisotopic (exact) mass is 360 g/mol. The van der Waals surface area contributed by atoms with Crippen molar-refractivity contribution in [3.63, 3.8) is 0 Å². The second-order valence-corrected chi connectivity index (χ2v) is 6.49. The number of halogens is 1. The van der Waals surface area contributed by atoms with Gasteiger partial charge in [0, 0.05) is 25.7 Å². The molecule has 0 spiro atoms. The predicted molar refractivity (Wildman–Crippen MR) is 97.5 cm³/mol. The molecule has 2 heterocycles. The number of aromatic nitrogens is 2. The van der Waals surface area contributed by atoms with Crippen LogP contribution in [0.4, 0.5) is 5.69 Å². The first-order valence-electron chi connectivity index (χ1n) is 8.19. The van der Waals surface area contributed by atoms with E-state index < -0.39 is 0 Å². The summed E-state index contributed by atoms with van der Waals surface area (Å²) in [6.45, 7) is 5.81. The third-order valence-electron chi connectivity index (χ3n) is 4.38. The topological polar surface area (TPSA) is 58.6 Å². The number of nitrogens with zero attached hydrogens (tertiary/aromatic N) is 4. The zero-order valence-electron chi connectivity index (χ0n) is 14.6. The molecule has 1 amide bonds. The highest BCUT2D eigenvalue weighted by Gasteiger charge is 2.31. The zero-order chi connectivity index (χ0) is 18.0. The molecule has 25 heavy (non-hydrogen) atoms. The van der Waals surface area contributed by atoms with Gasteiger partial charge in [-0.25, -0.2) is 9.97 Å². The number of anilines is 1. The Bertz CT molecular complexity index is 783. The molecular weight excluding hydrogens is 340 g/mol. The van der Waals surface area contributed by atoms with E-state index in [0.29, 0.717) is 18.9 Å². The average molecular weight is 361 g/mol. The summed E-state index contributed by atoms with van der Waals surface area (Å²) in [7, 11) is 1.67. The maximum absolute atomic E-state index is 12.9. The summed E-state index contributed by atoms with van der Waals surface area (Å²) in [4.78, 5) is 25.2. The van der Waals surface area contributed by atoms with Crippen LogP contribution >= 0.6 is 11.6 Å². The number of benzene rings is 1. The predicted octanol–water partition coefficient (Wildman–Crippen LogP) is 2.80. The Morgan fingerprint density at radius 3 is 2.80 bits per heavy atom. The minimum absolute atomic E-state index is 0.0255. The van der Waals surface area contributed by atoms with Crippen LogP contribution in [0.3, 0.4) is 0 Å². The van der Waals surface area contributed by atoms with Crippen molar-refractivity contribution in [1.82, 2.24) is 14.9 Å². The highest BCUT2D eigenvalue weighted by atomic mass is 35.5. The zero-order valence-corrected chi connectivity index (χ0v) is 15.3. The number of ether oxygens (including phenoxy) is 1. The van der Waals surface area contributed by atoms with Crippen LogP contribution in [0, 0.1) is 6.92 Å². The standard InChI is InChI=1S/C18H21ClN4O2/c1-12-11-22(15-6-4-5-7-16(15)25-3)8-9-23(12)18(24)17-14(19)10-20-13(2)21-17/h4-7,10,12H,8-9,11H2,1-3H3/t12-/m1/s1. The van der Waals surface area contributed by atoms with Crippen molar-refractivity contribution in [3.8, 4) is 5.75 Å². The number of methoxy groups -OCH3 is 1. The molecule has 1 aliphatic rings. The van der Waals surface area contributed by atoms with Crippen LogP contribution in [-0.4, -0.2) is 53.6 Å². The van der Waals surface area contributed by atoms with Crippen LogP contribution in [0.15, 0.2) is 30.5 Å². The van der Waals surface area contributed by atoms with Crippen molar-refractivity contribution in [2.24, 2.45) is 0 Å². The number of para-hydroxylation sites is 2. The van der Waals surface area contributed by atoms with Gasteiger partial charge in [-0.1, -0.05) is 23.7 Å². The normalized spacial score (nSPS) is 17.5. The molecule has 3 rings (SSSR count). The van der Waals surface area contributed by atoms with E-state index in [1.807, 2.05) is 36.1 Å². The summed E-state index contributed by atoms with van der Waals surface area (Å²) < 4.78 is 5.45. The second kappa shape index (κ2) is 7.27. The van der Waals surface area contributed by atoms with E-state index in [2.05, 4.69) is 14.9 Å². The van der Waals surface area contributed by atoms with Crippen LogP contribution in [0.5, 0.6) is 5.75 Å². The molecule has 1 aliphatic heterocycles. The van der Waals surface area contributed by atoms with Crippen molar-refractivity contribution in [2.45, 2.75) is 19.9 Å². The number of piperazine rings is 1. The number of aryl methyl sites for hydroxylation is 1. The van der Waals surface area contributed by atoms with Crippen molar-refractivity contribution in [1.29, 1.82) is 0 Å². The first-order valence-corrected chi connectivity index (χ1v) is 8.57. The quantitative estimate of drug-likeness (QED) is 0.842. The van der Waals surface area contributed by atoms with Gasteiger partial charge in [0.1, 0.15) is 11.6 Å². The van der Waals surface area contributed by atoms with E-state index in [0.717, 1.165) is 18.0 Å². The average Bonchev–Trinajstić information content (AvgIpc) is 2.63. The van der Waals surface area contributed by atoms with Gasteiger partial charge < -0.3 is 14.5 Å². The summed E-state index contributed by atoms with van der Waals surface area (Å²) in [5, 5.41) is 0.287. The highest BCUT2D eigenvalue weighted by Crippen LogP contribution is 2.30. The largest absolute Gasteiger partial charge is 0.495 e. The lowest BCUT2D eigenvalue weighted by Crippen LogP contribution is -2.54. The summed E-state index contributed by atoms with van der Waals surface area (Å²) >= 11 is 6.12. The molecule has 2 aromatic rings. The Labute approximate surface area is 152 Å². The van der Waals surface area contributed by atoms with E-state index in [9.17, 15) is 4.79 Å². The third-order valence-corrected chi connectivity index (χ3v) is 4.66. The molecule has 0 bridgehead atoms. The number of amides is 1. The summed E-state index contributed by atoms with van der Waals surface area (Å²) in [6.07, 6.45) is 1.48. The van der Waals surface area contributed by atoms with Gasteiger partial charge in [0.15, 0.2) is 5.69 Å². The van der Waals surface area contributed by atoms with E-state index in [-0.39, 0.29) is 22.7 Å². The number of hydrogen-bond acceptors (Lipinski definition) is 5. The molecule has 7 heteroatoms. The first kappa shape index (κ1) is 17.5. The van der Waals surface area contributed by atoms with Crippen molar-refractivity contribution < 1.29 is 9.53 Å². The lowest BCUT2D eigenvalue weighted by atomic mass is 10.1. The molecule has 0 aliphatic carbocycles. The fraction of sp³-hybridized carbons (Fsp3) is 0.389. The van der Waals surface area contributed by atoms with E-state index in [4.69, 9.17) is 16.3 Å². The highest BCUT2D eigenvalue weighted by molar-refractivity contribution is 6.33. The molecule has 0 N–H and O–H groups in total. The van der Waals surface area contributed by atoms with Gasteiger partial charge >= 0.3 is 0 Å². The third kappa shape index (κ3) is 3.54. The van der Waals surface area contributed by atoms with Gasteiger partial charge in [-0.3, -0.25) is 4.79 Å². The Morgan fingerprint density at radius 2 is 2.08 bits per heavy atom. The molecule has 0 radical (unpaired) electrons. The molecule has 1 saturated heterocycles. The molecule has 1 fully saturated rings. The van der Waals surface area contributed by atoms with Crippen molar-refractivity contribution >= 4 is 23.2 Å². The van der Waals surface area contributed by atoms with Gasteiger partial charge in [0.2, 0.25) is 0 Å². The molecule has 132 valence electrons. The lowest BCUT2D eigenvalue weighted by molar-refractivity contribution is 0.0667. The Hall–Kier alpha value is -2.34. The van der Waals surface area contributed by atoms with E-state index in [1.54, 1.807) is 14.0 Å². The van der Waals surface area contributed by atoms with Gasteiger partial charge in [0.25, 0.3) is 5.91 Å². The SMILES string of the molecule is COc1ccccc1N1CCN(C(=O)c2nc(C)ncc2Cl)[C@H](C)C1. The summed E-state index contributed by atoms with van der Waals surface area (Å²) in [5.74, 6) is 1.22. The van der Waals surface area contributed by atoms with Gasteiger partial charge in [-0.2, -0.15) is 0 Å². The molecule has 0 unspecified atom stereocenters. The lowest BCUT2D eigenvalue weighted by Gasteiger charge is -2.41. The minimum atomic E-state index is -0.150. The maximum atomic E-state index is 12.9.